The zero-order valence-corrected chi connectivity index (χ0v) is 22.9. The summed E-state index contributed by atoms with van der Waals surface area (Å²) in [5, 5.41) is 22.2. The number of benzene rings is 2. The van der Waals surface area contributed by atoms with E-state index in [1.54, 1.807) is 24.1 Å². The molecule has 1 atom stereocenters. The SMILES string of the molecule is CCN1c2nc(Nc3ccc(C4CCNCC4)c(F)c3)ncc2C=C(c2ccc(-c3noc(C)n3)cc2Cl)C1O. The second-order valence-corrected chi connectivity index (χ2v) is 10.4. The van der Waals surface area contributed by atoms with Crippen molar-refractivity contribution in [2.75, 3.05) is 29.9 Å². The molecule has 1 saturated heterocycles. The third kappa shape index (κ3) is 5.05. The Balaban J connectivity index is 1.27. The number of nitrogens with zero attached hydrogens (tertiary/aromatic N) is 5. The highest BCUT2D eigenvalue weighted by Crippen LogP contribution is 2.39. The summed E-state index contributed by atoms with van der Waals surface area (Å²) in [6.07, 6.45) is 4.39. The van der Waals surface area contributed by atoms with Crippen molar-refractivity contribution >= 4 is 40.7 Å². The van der Waals surface area contributed by atoms with Crippen LogP contribution in [-0.2, 0) is 0 Å². The molecule has 3 N–H and O–H groups in total. The van der Waals surface area contributed by atoms with Crippen molar-refractivity contribution in [3.63, 3.8) is 0 Å². The number of hydrogen-bond acceptors (Lipinski definition) is 9. The number of rotatable bonds is 6. The minimum atomic E-state index is -0.988. The number of likely N-dealkylation sites (N-methyl/N-ethyl adjacent to an activating group) is 1. The summed E-state index contributed by atoms with van der Waals surface area (Å²) in [5.74, 6) is 1.78. The van der Waals surface area contributed by atoms with Gasteiger partial charge in [0.1, 0.15) is 11.6 Å². The Hall–Kier alpha value is -3.86. The van der Waals surface area contributed by atoms with Crippen LogP contribution < -0.4 is 15.5 Å². The normalized spacial score (nSPS) is 17.5. The molecule has 206 valence electrons. The van der Waals surface area contributed by atoms with Crippen LogP contribution in [0.15, 0.2) is 47.1 Å². The van der Waals surface area contributed by atoms with Crippen LogP contribution in [0.4, 0.5) is 21.8 Å². The highest BCUT2D eigenvalue weighted by molar-refractivity contribution is 6.33. The predicted octanol–water partition coefficient (Wildman–Crippen LogP) is 5.54. The van der Waals surface area contributed by atoms with Crippen LogP contribution in [0.2, 0.25) is 5.02 Å². The van der Waals surface area contributed by atoms with Crippen LogP contribution in [-0.4, -0.2) is 51.1 Å². The van der Waals surface area contributed by atoms with Gasteiger partial charge in [0, 0.05) is 52.6 Å². The monoisotopic (exact) mass is 561 g/mol. The summed E-state index contributed by atoms with van der Waals surface area (Å²) in [5.41, 5.74) is 4.05. The van der Waals surface area contributed by atoms with E-state index < -0.39 is 6.23 Å². The topological polar surface area (TPSA) is 112 Å². The van der Waals surface area contributed by atoms with E-state index in [1.807, 2.05) is 37.3 Å². The molecule has 40 heavy (non-hydrogen) atoms. The molecule has 1 fully saturated rings. The minimum absolute atomic E-state index is 0.226. The van der Waals surface area contributed by atoms with Gasteiger partial charge in [-0.2, -0.15) is 9.97 Å². The number of aromatic nitrogens is 4. The molecule has 0 saturated carbocycles. The number of aryl methyl sites for hydroxylation is 1. The number of anilines is 3. The van der Waals surface area contributed by atoms with Crippen molar-refractivity contribution in [3.8, 4) is 11.4 Å². The van der Waals surface area contributed by atoms with Gasteiger partial charge in [-0.25, -0.2) is 9.37 Å². The fourth-order valence-electron chi connectivity index (χ4n) is 5.34. The Morgan fingerprint density at radius 3 is 2.70 bits per heavy atom. The van der Waals surface area contributed by atoms with Gasteiger partial charge in [0.25, 0.3) is 0 Å². The molecule has 6 rings (SSSR count). The number of nitrogens with one attached hydrogen (secondary N) is 2. The molecule has 2 aromatic carbocycles. The highest BCUT2D eigenvalue weighted by Gasteiger charge is 2.30. The Morgan fingerprint density at radius 1 is 1.18 bits per heavy atom. The van der Waals surface area contributed by atoms with Gasteiger partial charge >= 0.3 is 0 Å². The van der Waals surface area contributed by atoms with Gasteiger partial charge in [-0.15, -0.1) is 0 Å². The van der Waals surface area contributed by atoms with Gasteiger partial charge in [-0.1, -0.05) is 35.0 Å². The smallest absolute Gasteiger partial charge is 0.229 e. The number of aliphatic hydroxyl groups excluding tert-OH is 1. The standard InChI is InChI=1S/C29H29ClFN7O2/c1-3-38-27-19(12-23(28(38)39)22-6-4-18(13-24(22)30)26-34-16(2)40-37-26)15-33-29(36-27)35-20-5-7-21(25(31)14-20)17-8-10-32-11-9-17/h4-7,12-15,17,28,32,39H,3,8-11H2,1-2H3,(H,33,35,36). The van der Waals surface area contributed by atoms with E-state index in [4.69, 9.17) is 16.1 Å². The second-order valence-electron chi connectivity index (χ2n) is 9.95. The lowest BCUT2D eigenvalue weighted by atomic mass is 9.90. The molecule has 0 bridgehead atoms. The molecule has 4 heterocycles. The van der Waals surface area contributed by atoms with Gasteiger partial charge in [0.05, 0.1) is 0 Å². The summed E-state index contributed by atoms with van der Waals surface area (Å²) in [4.78, 5) is 15.1. The largest absolute Gasteiger partial charge is 0.369 e. The number of piperidine rings is 1. The third-order valence-electron chi connectivity index (χ3n) is 7.39. The van der Waals surface area contributed by atoms with Crippen LogP contribution >= 0.6 is 11.6 Å². The van der Waals surface area contributed by atoms with Crippen LogP contribution in [0, 0.1) is 12.7 Å². The van der Waals surface area contributed by atoms with Crippen LogP contribution in [0.5, 0.6) is 0 Å². The van der Waals surface area contributed by atoms with E-state index in [-0.39, 0.29) is 11.7 Å². The Morgan fingerprint density at radius 2 is 2.00 bits per heavy atom. The summed E-state index contributed by atoms with van der Waals surface area (Å²) in [6.45, 7) is 5.95. The molecule has 2 aliphatic heterocycles. The molecule has 1 unspecified atom stereocenters. The van der Waals surface area contributed by atoms with Gasteiger partial charge in [-0.05, 0) is 68.6 Å². The van der Waals surface area contributed by atoms with E-state index in [0.717, 1.165) is 37.1 Å². The molecule has 0 aliphatic carbocycles. The predicted molar refractivity (Wildman–Crippen MR) is 153 cm³/mol. The van der Waals surface area contributed by atoms with E-state index >= 15 is 0 Å². The van der Waals surface area contributed by atoms with Crippen molar-refractivity contribution in [2.45, 2.75) is 38.8 Å². The van der Waals surface area contributed by atoms with Gasteiger partial charge in [-0.3, -0.25) is 0 Å². The first-order chi connectivity index (χ1) is 19.4. The quantitative estimate of drug-likeness (QED) is 0.279. The van der Waals surface area contributed by atoms with Crippen LogP contribution in [0.25, 0.3) is 23.0 Å². The van der Waals surface area contributed by atoms with Gasteiger partial charge in [0.2, 0.25) is 17.7 Å². The maximum Gasteiger partial charge on any atom is 0.229 e. The molecule has 11 heteroatoms. The molecule has 0 radical (unpaired) electrons. The second kappa shape index (κ2) is 11.0. The minimum Gasteiger partial charge on any atom is -0.369 e. The molecular formula is C29H29ClFN7O2. The van der Waals surface area contributed by atoms with E-state index in [9.17, 15) is 9.50 Å². The Bertz CT molecular complexity index is 1580. The van der Waals surface area contributed by atoms with Crippen LogP contribution in [0.1, 0.15) is 48.3 Å². The number of aliphatic hydroxyl groups is 1. The first kappa shape index (κ1) is 26.4. The van der Waals surface area contributed by atoms with Crippen molar-refractivity contribution in [3.05, 3.63) is 76.0 Å². The lowest BCUT2D eigenvalue weighted by Crippen LogP contribution is -2.39. The average Bonchev–Trinajstić information content (AvgIpc) is 3.40. The van der Waals surface area contributed by atoms with Crippen LogP contribution in [0.3, 0.4) is 0 Å². The molecule has 0 amide bonds. The molecule has 0 spiro atoms. The summed E-state index contributed by atoms with van der Waals surface area (Å²) >= 11 is 6.66. The summed E-state index contributed by atoms with van der Waals surface area (Å²) in [6, 6.07) is 10.6. The molecule has 4 aromatic rings. The molecule has 9 nitrogen and oxygen atoms in total. The Labute approximate surface area is 236 Å². The van der Waals surface area contributed by atoms with Crippen molar-refractivity contribution in [2.24, 2.45) is 0 Å². The average molecular weight is 562 g/mol. The van der Waals surface area contributed by atoms with Crippen molar-refractivity contribution in [1.82, 2.24) is 25.4 Å². The first-order valence-corrected chi connectivity index (χ1v) is 13.7. The third-order valence-corrected chi connectivity index (χ3v) is 7.71. The lowest BCUT2D eigenvalue weighted by molar-refractivity contribution is 0.225. The molecule has 2 aliphatic rings. The fraction of sp³-hybridized carbons (Fsp3) is 0.310. The number of hydrogen-bond donors (Lipinski definition) is 3. The number of fused-ring (bicyclic) bond motifs is 1. The highest BCUT2D eigenvalue weighted by atomic mass is 35.5. The maximum atomic E-state index is 15.0. The van der Waals surface area contributed by atoms with E-state index in [1.165, 1.54) is 6.07 Å². The van der Waals surface area contributed by atoms with Gasteiger partial charge in [0.15, 0.2) is 6.23 Å². The Kier molecular flexibility index (Phi) is 7.22. The molecule has 2 aromatic heterocycles. The maximum absolute atomic E-state index is 15.0. The van der Waals surface area contributed by atoms with E-state index in [2.05, 4.69) is 30.7 Å². The summed E-state index contributed by atoms with van der Waals surface area (Å²) < 4.78 is 20.0. The van der Waals surface area contributed by atoms with Crippen molar-refractivity contribution < 1.29 is 14.0 Å². The number of halogens is 2. The van der Waals surface area contributed by atoms with Crippen molar-refractivity contribution in [1.29, 1.82) is 0 Å². The first-order valence-electron chi connectivity index (χ1n) is 13.3. The van der Waals surface area contributed by atoms with Gasteiger partial charge < -0.3 is 25.2 Å². The lowest BCUT2D eigenvalue weighted by Gasteiger charge is -2.34. The van der Waals surface area contributed by atoms with E-state index in [0.29, 0.717) is 57.4 Å². The summed E-state index contributed by atoms with van der Waals surface area (Å²) in [7, 11) is 0. The zero-order chi connectivity index (χ0) is 27.8. The molecular weight excluding hydrogens is 533 g/mol. The fourth-order valence-corrected chi connectivity index (χ4v) is 5.63. The zero-order valence-electron chi connectivity index (χ0n) is 22.2.